The van der Waals surface area contributed by atoms with Gasteiger partial charge in [0.2, 0.25) is 0 Å². The molecule has 7 heteroatoms. The Morgan fingerprint density at radius 1 is 1.16 bits per heavy atom. The molecule has 0 unspecified atom stereocenters. The zero-order valence-corrected chi connectivity index (χ0v) is 15.9. The SMILES string of the molecule is CN(C)c1cccc(C(=O)Nc2nc(-c3cc(Cl)ccc3Cl)cs2)c1. The zero-order valence-electron chi connectivity index (χ0n) is 13.6. The molecule has 1 N–H and O–H groups in total. The van der Waals surface area contributed by atoms with Crippen LogP contribution < -0.4 is 10.2 Å². The Balaban J connectivity index is 1.80. The van der Waals surface area contributed by atoms with E-state index in [4.69, 9.17) is 23.2 Å². The number of nitrogens with one attached hydrogen (secondary N) is 1. The van der Waals surface area contributed by atoms with E-state index in [-0.39, 0.29) is 5.91 Å². The number of aromatic nitrogens is 1. The molecule has 3 aromatic rings. The molecule has 25 heavy (non-hydrogen) atoms. The topological polar surface area (TPSA) is 45.2 Å². The van der Waals surface area contributed by atoms with Gasteiger partial charge in [0.25, 0.3) is 5.91 Å². The zero-order chi connectivity index (χ0) is 18.0. The molecule has 3 rings (SSSR count). The number of anilines is 2. The number of halogens is 2. The molecule has 1 heterocycles. The monoisotopic (exact) mass is 391 g/mol. The summed E-state index contributed by atoms with van der Waals surface area (Å²) in [5.74, 6) is -0.207. The number of carbonyl (C=O) groups excluding carboxylic acids is 1. The second-order valence-corrected chi connectivity index (χ2v) is 7.26. The van der Waals surface area contributed by atoms with Gasteiger partial charge in [0.1, 0.15) is 0 Å². The highest BCUT2D eigenvalue weighted by Crippen LogP contribution is 2.32. The van der Waals surface area contributed by atoms with Gasteiger partial charge in [-0.25, -0.2) is 4.98 Å². The third-order valence-corrected chi connectivity index (χ3v) is 4.88. The van der Waals surface area contributed by atoms with E-state index in [2.05, 4.69) is 10.3 Å². The van der Waals surface area contributed by atoms with Crippen molar-refractivity contribution in [2.24, 2.45) is 0 Å². The molecule has 0 aliphatic rings. The lowest BCUT2D eigenvalue weighted by Gasteiger charge is -2.13. The molecule has 128 valence electrons. The minimum absolute atomic E-state index is 0.207. The third kappa shape index (κ3) is 4.12. The van der Waals surface area contributed by atoms with Gasteiger partial charge in [0.05, 0.1) is 10.7 Å². The molecule has 0 aliphatic carbocycles. The van der Waals surface area contributed by atoms with E-state index in [1.165, 1.54) is 11.3 Å². The van der Waals surface area contributed by atoms with Gasteiger partial charge in [-0.05, 0) is 36.4 Å². The number of hydrogen-bond acceptors (Lipinski definition) is 4. The van der Waals surface area contributed by atoms with Crippen LogP contribution >= 0.6 is 34.5 Å². The van der Waals surface area contributed by atoms with Crippen LogP contribution in [0.15, 0.2) is 47.8 Å². The summed E-state index contributed by atoms with van der Waals surface area (Å²) in [6.45, 7) is 0. The Morgan fingerprint density at radius 3 is 2.72 bits per heavy atom. The lowest BCUT2D eigenvalue weighted by molar-refractivity contribution is 0.102. The Bertz CT molecular complexity index is 924. The summed E-state index contributed by atoms with van der Waals surface area (Å²) in [6.07, 6.45) is 0. The number of benzene rings is 2. The van der Waals surface area contributed by atoms with Crippen molar-refractivity contribution in [3.63, 3.8) is 0 Å². The van der Waals surface area contributed by atoms with Gasteiger partial charge >= 0.3 is 0 Å². The fourth-order valence-electron chi connectivity index (χ4n) is 2.24. The minimum atomic E-state index is -0.207. The molecule has 0 saturated carbocycles. The molecule has 0 aliphatic heterocycles. The van der Waals surface area contributed by atoms with Crippen LogP contribution in [0.1, 0.15) is 10.4 Å². The Kier molecular flexibility index (Phi) is 5.27. The standard InChI is InChI=1S/C18H15Cl2N3OS/c1-23(2)13-5-3-4-11(8-13)17(24)22-18-21-16(10-25-18)14-9-12(19)6-7-15(14)20/h3-10H,1-2H3,(H,21,22,24). The van der Waals surface area contributed by atoms with E-state index in [0.717, 1.165) is 11.3 Å². The number of carbonyl (C=O) groups is 1. The molecule has 1 amide bonds. The predicted molar refractivity (Wildman–Crippen MR) is 106 cm³/mol. The molecular weight excluding hydrogens is 377 g/mol. The van der Waals surface area contributed by atoms with Gasteiger partial charge in [0, 0.05) is 41.3 Å². The summed E-state index contributed by atoms with van der Waals surface area (Å²) in [7, 11) is 3.86. The predicted octanol–water partition coefficient (Wildman–Crippen LogP) is 5.44. The number of hydrogen-bond donors (Lipinski definition) is 1. The van der Waals surface area contributed by atoms with E-state index < -0.39 is 0 Å². The summed E-state index contributed by atoms with van der Waals surface area (Å²) in [4.78, 5) is 18.8. The maximum Gasteiger partial charge on any atom is 0.257 e. The normalized spacial score (nSPS) is 10.6. The molecule has 0 saturated heterocycles. The van der Waals surface area contributed by atoms with Gasteiger partial charge in [-0.2, -0.15) is 0 Å². The van der Waals surface area contributed by atoms with Crippen molar-refractivity contribution in [3.8, 4) is 11.3 Å². The molecule has 0 atom stereocenters. The summed E-state index contributed by atoms with van der Waals surface area (Å²) < 4.78 is 0. The molecule has 0 bridgehead atoms. The van der Waals surface area contributed by atoms with Crippen LogP contribution in [0.5, 0.6) is 0 Å². The van der Waals surface area contributed by atoms with Gasteiger partial charge in [-0.3, -0.25) is 10.1 Å². The first-order valence-corrected chi connectivity index (χ1v) is 9.07. The Labute approximate surface area is 160 Å². The average molecular weight is 392 g/mol. The summed E-state index contributed by atoms with van der Waals surface area (Å²) in [5, 5.41) is 6.31. The summed E-state index contributed by atoms with van der Waals surface area (Å²) >= 11 is 13.6. The Hall–Kier alpha value is -2.08. The molecule has 4 nitrogen and oxygen atoms in total. The van der Waals surface area contributed by atoms with Gasteiger partial charge in [-0.1, -0.05) is 29.3 Å². The molecular formula is C18H15Cl2N3OS. The smallest absolute Gasteiger partial charge is 0.257 e. The maximum absolute atomic E-state index is 12.4. The first-order valence-electron chi connectivity index (χ1n) is 7.44. The number of amides is 1. The van der Waals surface area contributed by atoms with Crippen molar-refractivity contribution in [2.45, 2.75) is 0 Å². The second-order valence-electron chi connectivity index (χ2n) is 5.56. The van der Waals surface area contributed by atoms with Crippen molar-refractivity contribution in [1.29, 1.82) is 0 Å². The van der Waals surface area contributed by atoms with Crippen molar-refractivity contribution in [2.75, 3.05) is 24.3 Å². The fraction of sp³-hybridized carbons (Fsp3) is 0.111. The second kappa shape index (κ2) is 7.44. The van der Waals surface area contributed by atoms with Crippen LogP contribution in [0, 0.1) is 0 Å². The molecule has 0 fully saturated rings. The highest BCUT2D eigenvalue weighted by Gasteiger charge is 2.13. The number of nitrogens with zero attached hydrogens (tertiary/aromatic N) is 2. The first kappa shape index (κ1) is 17.7. The van der Waals surface area contributed by atoms with Crippen LogP contribution in [0.3, 0.4) is 0 Å². The molecule has 2 aromatic carbocycles. The van der Waals surface area contributed by atoms with E-state index in [1.54, 1.807) is 24.3 Å². The third-order valence-electron chi connectivity index (χ3n) is 3.55. The van der Waals surface area contributed by atoms with Crippen LogP contribution in [-0.2, 0) is 0 Å². The van der Waals surface area contributed by atoms with Crippen molar-refractivity contribution in [3.05, 3.63) is 63.5 Å². The van der Waals surface area contributed by atoms with E-state index >= 15 is 0 Å². The number of rotatable bonds is 4. The lowest BCUT2D eigenvalue weighted by Crippen LogP contribution is -2.14. The molecule has 1 aromatic heterocycles. The Morgan fingerprint density at radius 2 is 1.96 bits per heavy atom. The number of thiazole rings is 1. The van der Waals surface area contributed by atoms with Gasteiger partial charge in [0.15, 0.2) is 5.13 Å². The average Bonchev–Trinajstić information content (AvgIpc) is 3.05. The summed E-state index contributed by atoms with van der Waals surface area (Å²) in [6, 6.07) is 12.6. The minimum Gasteiger partial charge on any atom is -0.378 e. The van der Waals surface area contributed by atoms with Crippen LogP contribution in [-0.4, -0.2) is 25.0 Å². The quantitative estimate of drug-likeness (QED) is 0.644. The highest BCUT2D eigenvalue weighted by molar-refractivity contribution is 7.14. The van der Waals surface area contributed by atoms with Crippen molar-refractivity contribution >= 4 is 51.3 Å². The van der Waals surface area contributed by atoms with E-state index in [9.17, 15) is 4.79 Å². The molecule has 0 radical (unpaired) electrons. The van der Waals surface area contributed by atoms with Crippen LogP contribution in [0.4, 0.5) is 10.8 Å². The molecule has 0 spiro atoms. The fourth-order valence-corrected chi connectivity index (χ4v) is 3.34. The lowest BCUT2D eigenvalue weighted by atomic mass is 10.2. The van der Waals surface area contributed by atoms with E-state index in [0.29, 0.717) is 26.4 Å². The van der Waals surface area contributed by atoms with Gasteiger partial charge in [-0.15, -0.1) is 11.3 Å². The first-order chi connectivity index (χ1) is 11.9. The van der Waals surface area contributed by atoms with Crippen molar-refractivity contribution < 1.29 is 4.79 Å². The van der Waals surface area contributed by atoms with Gasteiger partial charge < -0.3 is 4.90 Å². The maximum atomic E-state index is 12.4. The largest absolute Gasteiger partial charge is 0.378 e. The van der Waals surface area contributed by atoms with Crippen LogP contribution in [0.2, 0.25) is 10.0 Å². The van der Waals surface area contributed by atoms with Crippen LogP contribution in [0.25, 0.3) is 11.3 Å². The van der Waals surface area contributed by atoms with Crippen molar-refractivity contribution in [1.82, 2.24) is 4.98 Å². The highest BCUT2D eigenvalue weighted by atomic mass is 35.5. The van der Waals surface area contributed by atoms with E-state index in [1.807, 2.05) is 42.6 Å². The summed E-state index contributed by atoms with van der Waals surface area (Å²) in [5.41, 5.74) is 2.94.